The van der Waals surface area contributed by atoms with Crippen molar-refractivity contribution in [3.8, 4) is 0 Å². The van der Waals surface area contributed by atoms with Gasteiger partial charge < -0.3 is 4.74 Å². The summed E-state index contributed by atoms with van der Waals surface area (Å²) < 4.78 is 73.9. The fourth-order valence-corrected chi connectivity index (χ4v) is 0.505. The van der Waals surface area contributed by atoms with Crippen LogP contribution >= 0.6 is 0 Å². The van der Waals surface area contributed by atoms with Crippen LogP contribution in [0.25, 0.3) is 0 Å². The predicted octanol–water partition coefficient (Wildman–Crippen LogP) is 2.17. The largest absolute Gasteiger partial charge is 0.425 e. The van der Waals surface area contributed by atoms with Crippen LogP contribution in [0, 0.1) is 0 Å². The van der Waals surface area contributed by atoms with E-state index in [0.29, 0.717) is 0 Å². The minimum Gasteiger partial charge on any atom is -0.378 e. The van der Waals surface area contributed by atoms with Gasteiger partial charge in [0, 0.05) is 7.11 Å². The van der Waals surface area contributed by atoms with E-state index in [1.807, 2.05) is 0 Å². The average molecular weight is 196 g/mol. The molecule has 0 saturated carbocycles. The molecule has 0 unspecified atom stereocenters. The summed E-state index contributed by atoms with van der Waals surface area (Å²) in [6.07, 6.45) is -9.73. The lowest BCUT2D eigenvalue weighted by Gasteiger charge is -2.21. The van der Waals surface area contributed by atoms with Gasteiger partial charge in [-0.15, -0.1) is 0 Å². The van der Waals surface area contributed by atoms with Crippen LogP contribution in [-0.2, 0) is 4.74 Å². The third-order valence-corrected chi connectivity index (χ3v) is 0.995. The summed E-state index contributed by atoms with van der Waals surface area (Å²) in [5, 5.41) is 0. The molecule has 1 nitrogen and oxygen atoms in total. The quantitative estimate of drug-likeness (QED) is 0.628. The number of alkyl halides is 6. The lowest BCUT2D eigenvalue weighted by Crippen LogP contribution is -2.44. The van der Waals surface area contributed by atoms with Crippen molar-refractivity contribution < 1.29 is 31.1 Å². The summed E-state index contributed by atoms with van der Waals surface area (Å²) in [7, 11) is 0.761. The van der Waals surface area contributed by atoms with Crippen LogP contribution in [0.5, 0.6) is 0 Å². The zero-order valence-electron chi connectivity index (χ0n) is 5.96. The number of halogens is 6. The molecule has 0 aromatic heterocycles. The molecule has 0 heterocycles. The Morgan fingerprint density at radius 3 is 1.83 bits per heavy atom. The van der Waals surface area contributed by atoms with Crippen LogP contribution in [0.15, 0.2) is 0 Å². The second kappa shape index (κ2) is 3.51. The molecule has 0 N–H and O–H groups in total. The van der Waals surface area contributed by atoms with Gasteiger partial charge in [0.1, 0.15) is 6.61 Å². The van der Waals surface area contributed by atoms with Crippen molar-refractivity contribution in [1.29, 1.82) is 0 Å². The molecular weight excluding hydrogens is 190 g/mol. The third kappa shape index (κ3) is 2.88. The van der Waals surface area contributed by atoms with Crippen LogP contribution < -0.4 is 0 Å². The highest BCUT2D eigenvalue weighted by Crippen LogP contribution is 2.34. The monoisotopic (exact) mass is 196 g/mol. The Hall–Kier alpha value is -0.460. The van der Waals surface area contributed by atoms with Gasteiger partial charge in [0.05, 0.1) is 0 Å². The standard InChI is InChI=1S/C5H6F6O/c1-12-2-4(7,8)3(6)5(9,10)11/h3H,2H2,1H3/t3-/m1/s1. The summed E-state index contributed by atoms with van der Waals surface area (Å²) >= 11 is 0. The highest BCUT2D eigenvalue weighted by atomic mass is 19.4. The molecule has 0 bridgehead atoms. The summed E-state index contributed by atoms with van der Waals surface area (Å²) in [6, 6.07) is 0. The molecule has 0 aliphatic carbocycles. The van der Waals surface area contributed by atoms with E-state index in [9.17, 15) is 26.3 Å². The van der Waals surface area contributed by atoms with Gasteiger partial charge in [-0.05, 0) is 0 Å². The van der Waals surface area contributed by atoms with Crippen molar-refractivity contribution in [2.75, 3.05) is 13.7 Å². The normalized spacial score (nSPS) is 16.2. The van der Waals surface area contributed by atoms with Gasteiger partial charge in [-0.25, -0.2) is 13.2 Å². The van der Waals surface area contributed by atoms with Crippen LogP contribution in [0.3, 0.4) is 0 Å². The van der Waals surface area contributed by atoms with Crippen molar-refractivity contribution in [1.82, 2.24) is 0 Å². The molecule has 7 heteroatoms. The Kier molecular flexibility index (Phi) is 3.37. The zero-order valence-corrected chi connectivity index (χ0v) is 5.96. The number of hydrogen-bond donors (Lipinski definition) is 0. The predicted molar refractivity (Wildman–Crippen MR) is 27.8 cm³/mol. The Morgan fingerprint density at radius 2 is 1.58 bits per heavy atom. The van der Waals surface area contributed by atoms with Gasteiger partial charge in [-0.3, -0.25) is 0 Å². The molecular formula is C5H6F6O. The summed E-state index contributed by atoms with van der Waals surface area (Å²) in [5.74, 6) is -4.52. The summed E-state index contributed by atoms with van der Waals surface area (Å²) in [5.41, 5.74) is 0. The lowest BCUT2D eigenvalue weighted by molar-refractivity contribution is -0.253. The van der Waals surface area contributed by atoms with E-state index in [1.165, 1.54) is 0 Å². The topological polar surface area (TPSA) is 9.23 Å². The molecule has 0 saturated heterocycles. The first-order valence-corrected chi connectivity index (χ1v) is 2.79. The average Bonchev–Trinajstić information content (AvgIpc) is 1.84. The molecule has 0 aliphatic heterocycles. The van der Waals surface area contributed by atoms with E-state index >= 15 is 0 Å². The fourth-order valence-electron chi connectivity index (χ4n) is 0.505. The molecule has 12 heavy (non-hydrogen) atoms. The molecule has 74 valence electrons. The van der Waals surface area contributed by atoms with Gasteiger partial charge in [-0.2, -0.15) is 13.2 Å². The highest BCUT2D eigenvalue weighted by Gasteiger charge is 2.56. The smallest absolute Gasteiger partial charge is 0.378 e. The van der Waals surface area contributed by atoms with E-state index in [2.05, 4.69) is 4.74 Å². The first-order chi connectivity index (χ1) is 5.22. The highest BCUT2D eigenvalue weighted by molar-refractivity contribution is 4.82. The molecule has 1 atom stereocenters. The maximum Gasteiger partial charge on any atom is 0.425 e. The zero-order chi connectivity index (χ0) is 9.99. The number of ether oxygens (including phenoxy) is 1. The maximum atomic E-state index is 12.1. The molecule has 0 aromatic carbocycles. The Morgan fingerprint density at radius 1 is 1.17 bits per heavy atom. The Bertz CT molecular complexity index is 141. The molecule has 0 amide bonds. The van der Waals surface area contributed by atoms with Gasteiger partial charge in [0.15, 0.2) is 0 Å². The van der Waals surface area contributed by atoms with Crippen LogP contribution in [-0.4, -0.2) is 32.0 Å². The fraction of sp³-hybridized carbons (Fsp3) is 1.00. The molecule has 0 aromatic rings. The molecule has 0 rings (SSSR count). The number of hydrogen-bond acceptors (Lipinski definition) is 1. The minimum absolute atomic E-state index is 0.761. The molecule has 0 fully saturated rings. The van der Waals surface area contributed by atoms with Crippen molar-refractivity contribution in [2.45, 2.75) is 18.3 Å². The van der Waals surface area contributed by atoms with Crippen molar-refractivity contribution in [3.63, 3.8) is 0 Å². The van der Waals surface area contributed by atoms with Gasteiger partial charge in [-0.1, -0.05) is 0 Å². The van der Waals surface area contributed by atoms with Crippen LogP contribution in [0.2, 0.25) is 0 Å². The molecule has 0 radical (unpaired) electrons. The van der Waals surface area contributed by atoms with Gasteiger partial charge in [0.25, 0.3) is 6.17 Å². The van der Waals surface area contributed by atoms with Gasteiger partial charge >= 0.3 is 12.1 Å². The second-order valence-electron chi connectivity index (χ2n) is 2.10. The van der Waals surface area contributed by atoms with Gasteiger partial charge in [0.2, 0.25) is 0 Å². The maximum absolute atomic E-state index is 12.1. The van der Waals surface area contributed by atoms with Crippen LogP contribution in [0.4, 0.5) is 26.3 Å². The third-order valence-electron chi connectivity index (χ3n) is 0.995. The summed E-state index contributed by atoms with van der Waals surface area (Å²) in [4.78, 5) is 0. The van der Waals surface area contributed by atoms with E-state index in [4.69, 9.17) is 0 Å². The summed E-state index contributed by atoms with van der Waals surface area (Å²) in [6.45, 7) is -1.59. The van der Waals surface area contributed by atoms with E-state index in [0.717, 1.165) is 7.11 Å². The number of rotatable bonds is 3. The first kappa shape index (κ1) is 11.5. The first-order valence-electron chi connectivity index (χ1n) is 2.79. The SMILES string of the molecule is COCC(F)(F)[C@@H](F)C(F)(F)F. The van der Waals surface area contributed by atoms with Crippen molar-refractivity contribution >= 4 is 0 Å². The number of methoxy groups -OCH3 is 1. The Labute approximate surface area is 64.3 Å². The Balaban J connectivity index is 4.34. The lowest BCUT2D eigenvalue weighted by atomic mass is 10.2. The van der Waals surface area contributed by atoms with E-state index in [-0.39, 0.29) is 0 Å². The molecule has 0 aliphatic rings. The van der Waals surface area contributed by atoms with E-state index in [1.54, 1.807) is 0 Å². The molecule has 0 spiro atoms. The van der Waals surface area contributed by atoms with Crippen molar-refractivity contribution in [2.24, 2.45) is 0 Å². The van der Waals surface area contributed by atoms with Crippen molar-refractivity contribution in [3.05, 3.63) is 0 Å². The second-order valence-corrected chi connectivity index (χ2v) is 2.10. The van der Waals surface area contributed by atoms with Crippen LogP contribution in [0.1, 0.15) is 0 Å². The minimum atomic E-state index is -5.55. The van der Waals surface area contributed by atoms with E-state index < -0.39 is 24.9 Å².